The Balaban J connectivity index is 1.47. The normalized spacial score (nSPS) is 17.0. The zero-order valence-corrected chi connectivity index (χ0v) is 25.0. The first kappa shape index (κ1) is 29.9. The minimum absolute atomic E-state index is 0.0770. The second kappa shape index (κ2) is 10.5. The van der Waals surface area contributed by atoms with Crippen LogP contribution in [0.2, 0.25) is 0 Å². The standard InChI is InChI=1S/C33H30F3N9/c1-30(2,3)19-41-28-22(15-38)16-40-27-21(14-37)12-24(13-25(27)28)42-29(20-5-4-6-23(11-20)31(18-39)7-8-31)26-17-45(44-43-26)32(9-10-32)33(34,35)36/h4-6,11-13,16-17,29,42H,7-10,19H2,1-3H3,(H,40,41)/t29-/m0/s1. The first-order valence-corrected chi connectivity index (χ1v) is 14.6. The highest BCUT2D eigenvalue weighted by Crippen LogP contribution is 2.55. The minimum Gasteiger partial charge on any atom is -0.383 e. The van der Waals surface area contributed by atoms with Crippen LogP contribution in [0, 0.1) is 39.4 Å². The quantitative estimate of drug-likeness (QED) is 0.221. The van der Waals surface area contributed by atoms with Crippen molar-refractivity contribution in [1.29, 1.82) is 15.8 Å². The van der Waals surface area contributed by atoms with Gasteiger partial charge in [-0.2, -0.15) is 29.0 Å². The largest absolute Gasteiger partial charge is 0.413 e. The van der Waals surface area contributed by atoms with E-state index in [1.54, 1.807) is 12.1 Å². The highest BCUT2D eigenvalue weighted by molar-refractivity contribution is 5.99. The fourth-order valence-electron chi connectivity index (χ4n) is 5.58. The maximum Gasteiger partial charge on any atom is 0.413 e. The third kappa shape index (κ3) is 5.40. The van der Waals surface area contributed by atoms with E-state index in [2.05, 4.69) is 64.9 Å². The molecule has 6 rings (SSSR count). The SMILES string of the molecule is CC(C)(C)CNc1c(C#N)cnc2c(C#N)cc(N[C@@H](c3cccc(C4(C#N)CC4)c3)c3cn(C4(C(F)(F)F)CC4)nn3)cc12. The number of anilines is 2. The van der Waals surface area contributed by atoms with Crippen LogP contribution in [0.1, 0.15) is 80.4 Å². The Morgan fingerprint density at radius 2 is 1.73 bits per heavy atom. The molecular weight excluding hydrogens is 579 g/mol. The lowest BCUT2D eigenvalue weighted by atomic mass is 9.93. The van der Waals surface area contributed by atoms with Crippen molar-refractivity contribution in [2.24, 2.45) is 5.41 Å². The number of nitrogens with zero attached hydrogens (tertiary/aromatic N) is 7. The van der Waals surface area contributed by atoms with Crippen molar-refractivity contribution in [3.63, 3.8) is 0 Å². The first-order valence-electron chi connectivity index (χ1n) is 14.6. The monoisotopic (exact) mass is 609 g/mol. The van der Waals surface area contributed by atoms with Gasteiger partial charge in [0.1, 0.15) is 17.8 Å². The Morgan fingerprint density at radius 1 is 1.00 bits per heavy atom. The molecule has 45 heavy (non-hydrogen) atoms. The van der Waals surface area contributed by atoms with Gasteiger partial charge in [0.25, 0.3) is 0 Å². The van der Waals surface area contributed by atoms with Crippen LogP contribution >= 0.6 is 0 Å². The van der Waals surface area contributed by atoms with E-state index >= 15 is 0 Å². The Morgan fingerprint density at radius 3 is 2.33 bits per heavy atom. The zero-order chi connectivity index (χ0) is 32.2. The third-order valence-electron chi connectivity index (χ3n) is 8.55. The first-order chi connectivity index (χ1) is 21.3. The number of benzene rings is 2. The van der Waals surface area contributed by atoms with E-state index in [-0.39, 0.29) is 29.5 Å². The van der Waals surface area contributed by atoms with Gasteiger partial charge >= 0.3 is 6.18 Å². The second-order valence-corrected chi connectivity index (χ2v) is 13.1. The van der Waals surface area contributed by atoms with E-state index in [4.69, 9.17) is 0 Å². The van der Waals surface area contributed by atoms with Crippen LogP contribution in [0.15, 0.2) is 48.8 Å². The number of halogens is 3. The number of aromatic nitrogens is 4. The second-order valence-electron chi connectivity index (χ2n) is 13.1. The Bertz CT molecular complexity index is 1920. The van der Waals surface area contributed by atoms with Gasteiger partial charge in [0.2, 0.25) is 0 Å². The van der Waals surface area contributed by atoms with Crippen LogP contribution in [-0.4, -0.2) is 32.7 Å². The Kier molecular flexibility index (Phi) is 6.97. The molecule has 0 radical (unpaired) electrons. The van der Waals surface area contributed by atoms with Crippen LogP contribution in [-0.2, 0) is 11.0 Å². The molecule has 4 aromatic rings. The lowest BCUT2D eigenvalue weighted by molar-refractivity contribution is -0.182. The van der Waals surface area contributed by atoms with Gasteiger partial charge in [-0.1, -0.05) is 50.3 Å². The van der Waals surface area contributed by atoms with E-state index in [0.29, 0.717) is 39.9 Å². The summed E-state index contributed by atoms with van der Waals surface area (Å²) in [7, 11) is 0. The zero-order valence-electron chi connectivity index (χ0n) is 25.0. The maximum atomic E-state index is 14.0. The van der Waals surface area contributed by atoms with Crippen molar-refractivity contribution in [3.05, 3.63) is 76.7 Å². The molecular formula is C33H30F3N9. The number of hydrogen-bond donors (Lipinski definition) is 2. The number of nitriles is 3. The lowest BCUT2D eigenvalue weighted by Gasteiger charge is -2.23. The van der Waals surface area contributed by atoms with Crippen molar-refractivity contribution < 1.29 is 13.2 Å². The molecule has 0 amide bonds. The highest BCUT2D eigenvalue weighted by Gasteiger charge is 2.66. The molecule has 0 spiro atoms. The number of nitrogens with one attached hydrogen (secondary N) is 2. The van der Waals surface area contributed by atoms with Gasteiger partial charge in [0.15, 0.2) is 5.54 Å². The predicted molar refractivity (Wildman–Crippen MR) is 161 cm³/mol. The Hall–Kier alpha value is -5.15. The van der Waals surface area contributed by atoms with Crippen LogP contribution < -0.4 is 10.6 Å². The molecule has 2 fully saturated rings. The van der Waals surface area contributed by atoms with E-state index in [9.17, 15) is 29.0 Å². The number of rotatable bonds is 8. The molecule has 2 aliphatic carbocycles. The molecule has 0 aliphatic heterocycles. The summed E-state index contributed by atoms with van der Waals surface area (Å²) >= 11 is 0. The molecule has 12 heteroatoms. The van der Waals surface area contributed by atoms with E-state index in [1.165, 1.54) is 12.4 Å². The van der Waals surface area contributed by atoms with Crippen molar-refractivity contribution in [2.75, 3.05) is 17.2 Å². The van der Waals surface area contributed by atoms with Gasteiger partial charge in [-0.3, -0.25) is 4.98 Å². The molecule has 2 aromatic heterocycles. The molecule has 0 unspecified atom stereocenters. The summed E-state index contributed by atoms with van der Waals surface area (Å²) in [6, 6.07) is 16.8. The molecule has 2 heterocycles. The van der Waals surface area contributed by atoms with Crippen LogP contribution in [0.4, 0.5) is 24.5 Å². The van der Waals surface area contributed by atoms with Gasteiger partial charge in [-0.25, -0.2) is 4.68 Å². The minimum atomic E-state index is -4.48. The number of hydrogen-bond acceptors (Lipinski definition) is 8. The van der Waals surface area contributed by atoms with E-state index in [1.807, 2.05) is 24.3 Å². The van der Waals surface area contributed by atoms with Gasteiger partial charge < -0.3 is 10.6 Å². The van der Waals surface area contributed by atoms with Gasteiger partial charge in [0, 0.05) is 23.8 Å². The molecule has 0 saturated heterocycles. The predicted octanol–water partition coefficient (Wildman–Crippen LogP) is 6.84. The molecule has 2 aromatic carbocycles. The highest BCUT2D eigenvalue weighted by atomic mass is 19.4. The summed E-state index contributed by atoms with van der Waals surface area (Å²) in [4.78, 5) is 4.40. The van der Waals surface area contributed by atoms with Crippen molar-refractivity contribution in [3.8, 4) is 18.2 Å². The van der Waals surface area contributed by atoms with Crippen molar-refractivity contribution >= 4 is 22.3 Å². The van der Waals surface area contributed by atoms with Gasteiger partial charge in [0.05, 0.1) is 46.1 Å². The smallest absolute Gasteiger partial charge is 0.383 e. The summed E-state index contributed by atoms with van der Waals surface area (Å²) in [5.41, 5.74) is 0.949. The summed E-state index contributed by atoms with van der Waals surface area (Å²) in [6.45, 7) is 6.70. The molecule has 0 bridgehead atoms. The summed E-state index contributed by atoms with van der Waals surface area (Å²) in [6.07, 6.45) is -0.425. The average Bonchev–Trinajstić information content (AvgIpc) is 3.94. The molecule has 228 valence electrons. The third-order valence-corrected chi connectivity index (χ3v) is 8.55. The Labute approximate surface area is 258 Å². The van der Waals surface area contributed by atoms with Crippen molar-refractivity contribution in [2.45, 2.75) is 69.6 Å². The van der Waals surface area contributed by atoms with Crippen molar-refractivity contribution in [1.82, 2.24) is 20.0 Å². The fourth-order valence-corrected chi connectivity index (χ4v) is 5.58. The van der Waals surface area contributed by atoms with E-state index in [0.717, 1.165) is 23.1 Å². The average molecular weight is 610 g/mol. The topological polar surface area (TPSA) is 139 Å². The molecule has 2 N–H and O–H groups in total. The van der Waals surface area contributed by atoms with Crippen LogP contribution in [0.25, 0.3) is 10.9 Å². The number of pyridine rings is 1. The molecule has 9 nitrogen and oxygen atoms in total. The van der Waals surface area contributed by atoms with Gasteiger partial charge in [-0.05, 0) is 54.4 Å². The van der Waals surface area contributed by atoms with Crippen LogP contribution in [0.5, 0.6) is 0 Å². The molecule has 2 saturated carbocycles. The fraction of sp³-hybridized carbons (Fsp3) is 0.394. The summed E-state index contributed by atoms with van der Waals surface area (Å²) in [5, 5.41) is 45.2. The van der Waals surface area contributed by atoms with E-state index < -0.39 is 23.2 Å². The van der Waals surface area contributed by atoms with Crippen LogP contribution in [0.3, 0.4) is 0 Å². The maximum absolute atomic E-state index is 14.0. The van der Waals surface area contributed by atoms with Gasteiger partial charge in [-0.15, -0.1) is 5.10 Å². The summed E-state index contributed by atoms with van der Waals surface area (Å²) in [5.74, 6) is 0. The summed E-state index contributed by atoms with van der Waals surface area (Å²) < 4.78 is 42.8. The lowest BCUT2D eigenvalue weighted by Crippen LogP contribution is -2.35. The number of fused-ring (bicyclic) bond motifs is 1. The molecule has 1 atom stereocenters. The number of alkyl halides is 3. The molecule has 2 aliphatic rings.